The molecule has 3 heterocycles. The third-order valence-corrected chi connectivity index (χ3v) is 11.9. The number of amidine groups is 1. The van der Waals surface area contributed by atoms with Gasteiger partial charge in [-0.3, -0.25) is 4.99 Å². The highest BCUT2D eigenvalue weighted by molar-refractivity contribution is 6.24. The summed E-state index contributed by atoms with van der Waals surface area (Å²) in [6.07, 6.45) is 0. The van der Waals surface area contributed by atoms with E-state index in [0.29, 0.717) is 11.7 Å². The average molecular weight is 788 g/mol. The highest BCUT2D eigenvalue weighted by Crippen LogP contribution is 2.43. The molecule has 11 rings (SSSR count). The number of fused-ring (bicyclic) bond motifs is 8. The van der Waals surface area contributed by atoms with Gasteiger partial charge in [0.25, 0.3) is 0 Å². The van der Waals surface area contributed by atoms with E-state index in [9.17, 15) is 0 Å². The molecule has 292 valence electrons. The Labute approximate surface area is 353 Å². The number of benzene rings is 8. The first-order valence-corrected chi connectivity index (χ1v) is 20.8. The summed E-state index contributed by atoms with van der Waals surface area (Å²) in [4.78, 5) is 15.5. The van der Waals surface area contributed by atoms with E-state index in [4.69, 9.17) is 19.4 Å². The molecule has 0 radical (unpaired) electrons. The van der Waals surface area contributed by atoms with Crippen molar-refractivity contribution in [2.75, 3.05) is 0 Å². The van der Waals surface area contributed by atoms with E-state index in [-0.39, 0.29) is 6.04 Å². The maximum atomic E-state index is 6.69. The summed E-state index contributed by atoms with van der Waals surface area (Å²) >= 11 is 0. The molecule has 1 atom stereocenters. The zero-order valence-electron chi connectivity index (χ0n) is 34.1. The van der Waals surface area contributed by atoms with E-state index in [2.05, 4.69) is 157 Å². The van der Waals surface area contributed by atoms with Gasteiger partial charge < -0.3 is 13.6 Å². The molecule has 0 amide bonds. The molecule has 0 fully saturated rings. The largest absolute Gasteiger partial charge is 0.434 e. The zero-order chi connectivity index (χ0) is 41.0. The monoisotopic (exact) mass is 787 g/mol. The van der Waals surface area contributed by atoms with Crippen molar-refractivity contribution in [3.05, 3.63) is 210 Å². The lowest BCUT2D eigenvalue weighted by atomic mass is 10.0. The van der Waals surface area contributed by atoms with Gasteiger partial charge in [-0.05, 0) is 92.1 Å². The number of aromatic nitrogens is 3. The second-order valence-corrected chi connectivity index (χ2v) is 15.7. The predicted octanol–water partition coefficient (Wildman–Crippen LogP) is 14.0. The first-order valence-electron chi connectivity index (χ1n) is 20.8. The fourth-order valence-electron chi connectivity index (χ4n) is 8.92. The minimum absolute atomic E-state index is 0.0901. The molecule has 0 saturated carbocycles. The third-order valence-electron chi connectivity index (χ3n) is 11.9. The molecule has 0 N–H and O–H groups in total. The molecule has 0 aliphatic carbocycles. The smallest absolute Gasteiger partial charge is 0.227 e. The van der Waals surface area contributed by atoms with Crippen molar-refractivity contribution in [1.29, 1.82) is 0 Å². The molecule has 0 aliphatic rings. The van der Waals surface area contributed by atoms with Crippen molar-refractivity contribution in [1.82, 2.24) is 14.1 Å². The van der Waals surface area contributed by atoms with Crippen LogP contribution in [0.4, 0.5) is 0 Å². The second-order valence-electron chi connectivity index (χ2n) is 15.7. The van der Waals surface area contributed by atoms with Gasteiger partial charge in [0.2, 0.25) is 5.89 Å². The number of aliphatic imine (C=N–C) groups is 2. The topological polar surface area (TPSA) is 60.6 Å². The van der Waals surface area contributed by atoms with Gasteiger partial charge in [0.1, 0.15) is 5.52 Å². The normalized spacial score (nSPS) is 13.0. The van der Waals surface area contributed by atoms with Gasteiger partial charge in [-0.1, -0.05) is 133 Å². The number of hydrogen-bond acceptors (Lipinski definition) is 3. The maximum Gasteiger partial charge on any atom is 0.227 e. The molecule has 0 bridgehead atoms. The van der Waals surface area contributed by atoms with Crippen molar-refractivity contribution < 1.29 is 4.42 Å². The quantitative estimate of drug-likeness (QED) is 0.119. The third kappa shape index (κ3) is 6.15. The van der Waals surface area contributed by atoms with Crippen LogP contribution in [0.2, 0.25) is 0 Å². The molecule has 6 heteroatoms. The van der Waals surface area contributed by atoms with Crippen LogP contribution >= 0.6 is 0 Å². The Hall–Kier alpha value is -7.83. The summed E-state index contributed by atoms with van der Waals surface area (Å²) in [6, 6.07) is 65.7. The Bertz CT molecular complexity index is 3500. The molecule has 6 nitrogen and oxygen atoms in total. The van der Waals surface area contributed by atoms with E-state index in [1.54, 1.807) is 0 Å². The standard InChI is InChI=1S/C55H41N5O/c1-35-34-41(30-31-42(35)54(56-36(2)38-18-7-4-8-19-38)57-37(3)39-20-9-5-10-21-39)59-48-27-15-13-24-43(48)45-32-33-46-44-25-14-16-28-49(44)60(52(46)51(45)59)50-29-17-26-47-53(50)61-55(58-47)40-22-11-6-12-23-40/h4-34,36H,1-3H3/t36-/m1/s1. The summed E-state index contributed by atoms with van der Waals surface area (Å²) < 4.78 is 11.5. The van der Waals surface area contributed by atoms with Gasteiger partial charge >= 0.3 is 0 Å². The lowest BCUT2D eigenvalue weighted by Gasteiger charge is -2.16. The van der Waals surface area contributed by atoms with Crippen LogP contribution in [0.3, 0.4) is 0 Å². The fourth-order valence-corrected chi connectivity index (χ4v) is 8.92. The Morgan fingerprint density at radius 1 is 0.590 bits per heavy atom. The van der Waals surface area contributed by atoms with Gasteiger partial charge in [-0.25, -0.2) is 9.98 Å². The van der Waals surface area contributed by atoms with Crippen LogP contribution in [0.15, 0.2) is 202 Å². The highest BCUT2D eigenvalue weighted by atomic mass is 16.3. The van der Waals surface area contributed by atoms with Crippen molar-refractivity contribution in [2.24, 2.45) is 9.98 Å². The molecule has 0 spiro atoms. The summed E-state index contributed by atoms with van der Waals surface area (Å²) in [5.74, 6) is 1.31. The van der Waals surface area contributed by atoms with E-state index in [0.717, 1.165) is 83.5 Å². The average Bonchev–Trinajstić information content (AvgIpc) is 4.00. The Morgan fingerprint density at radius 2 is 1.20 bits per heavy atom. The fraction of sp³-hybridized carbons (Fsp3) is 0.0727. The van der Waals surface area contributed by atoms with Crippen LogP contribution in [0.5, 0.6) is 0 Å². The lowest BCUT2D eigenvalue weighted by Crippen LogP contribution is -2.08. The number of rotatable bonds is 7. The molecule has 8 aromatic carbocycles. The Morgan fingerprint density at radius 3 is 1.89 bits per heavy atom. The van der Waals surface area contributed by atoms with Crippen LogP contribution in [0.1, 0.15) is 42.1 Å². The van der Waals surface area contributed by atoms with E-state index < -0.39 is 0 Å². The predicted molar refractivity (Wildman–Crippen MR) is 253 cm³/mol. The van der Waals surface area contributed by atoms with Gasteiger partial charge in [0, 0.05) is 44.1 Å². The number of para-hydroxylation sites is 3. The maximum absolute atomic E-state index is 6.69. The van der Waals surface area contributed by atoms with Crippen LogP contribution in [-0.2, 0) is 0 Å². The molecule has 61 heavy (non-hydrogen) atoms. The van der Waals surface area contributed by atoms with Crippen molar-refractivity contribution >= 4 is 66.3 Å². The minimum Gasteiger partial charge on any atom is -0.434 e. The first-order chi connectivity index (χ1) is 30.0. The van der Waals surface area contributed by atoms with Gasteiger partial charge in [0.05, 0.1) is 33.8 Å². The van der Waals surface area contributed by atoms with Crippen molar-refractivity contribution in [3.63, 3.8) is 0 Å². The second kappa shape index (κ2) is 14.8. The van der Waals surface area contributed by atoms with Crippen LogP contribution in [0, 0.1) is 6.92 Å². The van der Waals surface area contributed by atoms with Gasteiger partial charge in [-0.2, -0.15) is 0 Å². The summed E-state index contributed by atoms with van der Waals surface area (Å²) in [5, 5.41) is 4.69. The first kappa shape index (κ1) is 36.3. The Kier molecular flexibility index (Phi) is 8.78. The van der Waals surface area contributed by atoms with Crippen LogP contribution < -0.4 is 0 Å². The van der Waals surface area contributed by atoms with Crippen molar-refractivity contribution in [2.45, 2.75) is 26.8 Å². The summed E-state index contributed by atoms with van der Waals surface area (Å²) in [5.41, 5.74) is 14.1. The van der Waals surface area contributed by atoms with E-state index in [1.807, 2.05) is 60.7 Å². The molecular weight excluding hydrogens is 747 g/mol. The molecule has 0 saturated heterocycles. The number of nitrogens with zero attached hydrogens (tertiary/aromatic N) is 5. The number of aryl methyl sites for hydroxylation is 1. The molecule has 3 aromatic heterocycles. The summed E-state index contributed by atoms with van der Waals surface area (Å²) in [6.45, 7) is 6.37. The molecule has 11 aromatic rings. The number of oxazole rings is 1. The Balaban J connectivity index is 1.16. The highest BCUT2D eigenvalue weighted by Gasteiger charge is 2.24. The van der Waals surface area contributed by atoms with Crippen LogP contribution in [0.25, 0.3) is 77.5 Å². The molecular formula is C55H41N5O. The van der Waals surface area contributed by atoms with E-state index >= 15 is 0 Å². The summed E-state index contributed by atoms with van der Waals surface area (Å²) in [7, 11) is 0. The van der Waals surface area contributed by atoms with Crippen LogP contribution in [-0.4, -0.2) is 25.7 Å². The lowest BCUT2D eigenvalue weighted by molar-refractivity contribution is 0.618. The molecule has 0 aliphatic heterocycles. The van der Waals surface area contributed by atoms with Gasteiger partial charge in [-0.15, -0.1) is 0 Å². The van der Waals surface area contributed by atoms with E-state index in [1.165, 1.54) is 16.2 Å². The van der Waals surface area contributed by atoms with Crippen molar-refractivity contribution in [3.8, 4) is 22.8 Å². The number of hydrogen-bond donors (Lipinski definition) is 0. The molecule has 0 unspecified atom stereocenters. The minimum atomic E-state index is -0.0901. The zero-order valence-corrected chi connectivity index (χ0v) is 34.1. The van der Waals surface area contributed by atoms with Gasteiger partial charge in [0.15, 0.2) is 11.4 Å². The SMILES string of the molecule is CC(=NC(=N[C@H](C)c1ccccc1)c1ccc(-n2c3ccccc3c3ccc4c5ccccc5n(-c5cccc6nc(-c7ccccc7)oc56)c4c32)cc1C)c1ccccc1.